The van der Waals surface area contributed by atoms with E-state index in [2.05, 4.69) is 10.2 Å². The number of aromatic hydroxyl groups is 1. The van der Waals surface area contributed by atoms with E-state index < -0.39 is 0 Å². The van der Waals surface area contributed by atoms with Gasteiger partial charge in [-0.2, -0.15) is 0 Å². The van der Waals surface area contributed by atoms with E-state index in [1.165, 1.54) is 0 Å². The van der Waals surface area contributed by atoms with Crippen LogP contribution in [0.1, 0.15) is 0 Å². The molecular formula is C15H12N2O3. The van der Waals surface area contributed by atoms with Crippen LogP contribution in [0, 0.1) is 0 Å². The van der Waals surface area contributed by atoms with E-state index >= 15 is 0 Å². The molecule has 0 amide bonds. The van der Waals surface area contributed by atoms with Crippen LogP contribution in [0.2, 0.25) is 0 Å². The van der Waals surface area contributed by atoms with Gasteiger partial charge in [-0.3, -0.25) is 0 Å². The van der Waals surface area contributed by atoms with Gasteiger partial charge in [0, 0.05) is 5.56 Å². The van der Waals surface area contributed by atoms with Crippen molar-refractivity contribution in [2.24, 2.45) is 0 Å². The second-order valence-corrected chi connectivity index (χ2v) is 4.16. The first-order valence-electron chi connectivity index (χ1n) is 6.04. The summed E-state index contributed by atoms with van der Waals surface area (Å²) in [5, 5.41) is 17.3. The van der Waals surface area contributed by atoms with Gasteiger partial charge in [-0.1, -0.05) is 12.1 Å². The summed E-state index contributed by atoms with van der Waals surface area (Å²) in [6, 6.07) is 14.0. The van der Waals surface area contributed by atoms with Crippen LogP contribution in [-0.4, -0.2) is 22.4 Å². The molecule has 0 unspecified atom stereocenters. The molecule has 1 heterocycles. The third-order valence-corrected chi connectivity index (χ3v) is 2.88. The Kier molecular flexibility index (Phi) is 3.09. The molecule has 5 nitrogen and oxygen atoms in total. The second kappa shape index (κ2) is 5.05. The fraction of sp³-hybridized carbons (Fsp3) is 0.0667. The molecule has 2 aromatic carbocycles. The SMILES string of the molecule is COc1ccccc1-c1nnc(-c2ccc(O)cc2)o1. The number of rotatable bonds is 3. The first kappa shape index (κ1) is 12.2. The average molecular weight is 268 g/mol. The normalized spacial score (nSPS) is 10.4. The predicted octanol–water partition coefficient (Wildman–Crippen LogP) is 3.12. The van der Waals surface area contributed by atoms with Crippen molar-refractivity contribution < 1.29 is 14.3 Å². The van der Waals surface area contributed by atoms with E-state index in [1.807, 2.05) is 24.3 Å². The minimum atomic E-state index is 0.193. The Hall–Kier alpha value is -2.82. The lowest BCUT2D eigenvalue weighted by Crippen LogP contribution is -1.87. The van der Waals surface area contributed by atoms with Crippen LogP contribution in [-0.2, 0) is 0 Å². The molecule has 0 bridgehead atoms. The first-order valence-corrected chi connectivity index (χ1v) is 6.04. The molecular weight excluding hydrogens is 256 g/mol. The highest BCUT2D eigenvalue weighted by molar-refractivity contribution is 5.64. The minimum absolute atomic E-state index is 0.193. The summed E-state index contributed by atoms with van der Waals surface area (Å²) in [6.45, 7) is 0. The molecule has 0 aliphatic heterocycles. The summed E-state index contributed by atoms with van der Waals surface area (Å²) >= 11 is 0. The molecule has 0 radical (unpaired) electrons. The summed E-state index contributed by atoms with van der Waals surface area (Å²) in [4.78, 5) is 0. The van der Waals surface area contributed by atoms with Crippen molar-refractivity contribution in [3.8, 4) is 34.4 Å². The van der Waals surface area contributed by atoms with Crippen LogP contribution in [0.25, 0.3) is 22.9 Å². The second-order valence-electron chi connectivity index (χ2n) is 4.16. The predicted molar refractivity (Wildman–Crippen MR) is 73.4 cm³/mol. The Morgan fingerprint density at radius 1 is 0.950 bits per heavy atom. The minimum Gasteiger partial charge on any atom is -0.508 e. The number of nitrogens with zero attached hydrogens (tertiary/aromatic N) is 2. The van der Waals surface area contributed by atoms with Gasteiger partial charge in [-0.05, 0) is 36.4 Å². The number of hydrogen-bond donors (Lipinski definition) is 1. The molecule has 1 N–H and O–H groups in total. The highest BCUT2D eigenvalue weighted by Crippen LogP contribution is 2.30. The van der Waals surface area contributed by atoms with Crippen LogP contribution in [0.5, 0.6) is 11.5 Å². The molecule has 20 heavy (non-hydrogen) atoms. The lowest BCUT2D eigenvalue weighted by molar-refractivity contribution is 0.414. The fourth-order valence-corrected chi connectivity index (χ4v) is 1.87. The topological polar surface area (TPSA) is 68.4 Å². The highest BCUT2D eigenvalue weighted by Gasteiger charge is 2.13. The smallest absolute Gasteiger partial charge is 0.251 e. The Balaban J connectivity index is 2.00. The van der Waals surface area contributed by atoms with Crippen molar-refractivity contribution >= 4 is 0 Å². The van der Waals surface area contributed by atoms with Crippen molar-refractivity contribution in [1.29, 1.82) is 0 Å². The Labute approximate surface area is 115 Å². The van der Waals surface area contributed by atoms with Crippen molar-refractivity contribution in [3.63, 3.8) is 0 Å². The van der Waals surface area contributed by atoms with Gasteiger partial charge < -0.3 is 14.3 Å². The summed E-state index contributed by atoms with van der Waals surface area (Å²) < 4.78 is 10.9. The maximum atomic E-state index is 9.27. The number of phenolic OH excluding ortho intramolecular Hbond substituents is 1. The Morgan fingerprint density at radius 2 is 1.65 bits per heavy atom. The third kappa shape index (κ3) is 2.21. The Morgan fingerprint density at radius 3 is 2.40 bits per heavy atom. The average Bonchev–Trinajstić information content (AvgIpc) is 2.97. The lowest BCUT2D eigenvalue weighted by Gasteiger charge is -2.03. The molecule has 0 fully saturated rings. The molecule has 100 valence electrons. The molecule has 0 spiro atoms. The zero-order valence-electron chi connectivity index (χ0n) is 10.8. The highest BCUT2D eigenvalue weighted by atomic mass is 16.5. The number of benzene rings is 2. The van der Waals surface area contributed by atoms with Gasteiger partial charge >= 0.3 is 0 Å². The number of hydrogen-bond acceptors (Lipinski definition) is 5. The van der Waals surface area contributed by atoms with Crippen LogP contribution in [0.4, 0.5) is 0 Å². The number of ether oxygens (including phenoxy) is 1. The monoisotopic (exact) mass is 268 g/mol. The van der Waals surface area contributed by atoms with Crippen LogP contribution in [0.15, 0.2) is 52.9 Å². The number of aromatic nitrogens is 2. The summed E-state index contributed by atoms with van der Waals surface area (Å²) in [5.41, 5.74) is 1.49. The molecule has 5 heteroatoms. The van der Waals surface area contributed by atoms with Crippen LogP contribution < -0.4 is 4.74 Å². The number of para-hydroxylation sites is 1. The molecule has 0 saturated carbocycles. The summed E-state index contributed by atoms with van der Waals surface area (Å²) in [5.74, 6) is 1.66. The first-order chi connectivity index (χ1) is 9.78. The van der Waals surface area contributed by atoms with Crippen molar-refractivity contribution in [3.05, 3.63) is 48.5 Å². The standard InChI is InChI=1S/C15H12N2O3/c1-19-13-5-3-2-4-12(13)15-17-16-14(20-15)10-6-8-11(18)9-7-10/h2-9,18H,1H3. The zero-order chi connectivity index (χ0) is 13.9. The fourth-order valence-electron chi connectivity index (χ4n) is 1.87. The molecule has 3 aromatic rings. The number of phenols is 1. The Bertz CT molecular complexity index is 720. The third-order valence-electron chi connectivity index (χ3n) is 2.88. The van der Waals surface area contributed by atoms with Gasteiger partial charge in [0.1, 0.15) is 11.5 Å². The van der Waals surface area contributed by atoms with Gasteiger partial charge in [0.15, 0.2) is 0 Å². The van der Waals surface area contributed by atoms with Gasteiger partial charge in [-0.15, -0.1) is 10.2 Å². The lowest BCUT2D eigenvalue weighted by atomic mass is 10.2. The van der Waals surface area contributed by atoms with Crippen molar-refractivity contribution in [2.45, 2.75) is 0 Å². The van der Waals surface area contributed by atoms with Gasteiger partial charge in [-0.25, -0.2) is 0 Å². The molecule has 0 aliphatic carbocycles. The number of methoxy groups -OCH3 is 1. The zero-order valence-corrected chi connectivity index (χ0v) is 10.8. The van der Waals surface area contributed by atoms with Crippen molar-refractivity contribution in [1.82, 2.24) is 10.2 Å². The summed E-state index contributed by atoms with van der Waals surface area (Å²) in [7, 11) is 1.59. The van der Waals surface area contributed by atoms with E-state index in [1.54, 1.807) is 31.4 Å². The summed E-state index contributed by atoms with van der Waals surface area (Å²) in [6.07, 6.45) is 0. The van der Waals surface area contributed by atoms with Gasteiger partial charge in [0.25, 0.3) is 5.89 Å². The van der Waals surface area contributed by atoms with E-state index in [0.29, 0.717) is 17.5 Å². The quantitative estimate of drug-likeness (QED) is 0.790. The van der Waals surface area contributed by atoms with E-state index in [0.717, 1.165) is 11.1 Å². The maximum absolute atomic E-state index is 9.27. The molecule has 0 saturated heterocycles. The largest absolute Gasteiger partial charge is 0.508 e. The van der Waals surface area contributed by atoms with Crippen LogP contribution in [0.3, 0.4) is 0 Å². The molecule has 3 rings (SSSR count). The van der Waals surface area contributed by atoms with Gasteiger partial charge in [0.2, 0.25) is 5.89 Å². The molecule has 0 aliphatic rings. The molecule has 0 atom stereocenters. The van der Waals surface area contributed by atoms with Gasteiger partial charge in [0.05, 0.1) is 12.7 Å². The van der Waals surface area contributed by atoms with E-state index in [-0.39, 0.29) is 5.75 Å². The van der Waals surface area contributed by atoms with E-state index in [4.69, 9.17) is 9.15 Å². The maximum Gasteiger partial charge on any atom is 0.251 e. The van der Waals surface area contributed by atoms with Crippen molar-refractivity contribution in [2.75, 3.05) is 7.11 Å². The molecule has 1 aromatic heterocycles. The van der Waals surface area contributed by atoms with E-state index in [9.17, 15) is 5.11 Å². The van der Waals surface area contributed by atoms with Crippen LogP contribution >= 0.6 is 0 Å².